The van der Waals surface area contributed by atoms with Gasteiger partial charge < -0.3 is 10.4 Å². The molecule has 2 aromatic carbocycles. The monoisotopic (exact) mass is 347 g/mol. The lowest BCUT2D eigenvalue weighted by Gasteiger charge is -2.38. The number of aliphatic hydroxyl groups is 1. The lowest BCUT2D eigenvalue weighted by Crippen LogP contribution is -2.41. The first-order valence-corrected chi connectivity index (χ1v) is 8.84. The smallest absolute Gasteiger partial charge is 0.251 e. The molecule has 5 heteroatoms. The number of nitrogens with one attached hydrogen (secondary N) is 1. The SMILES string of the molecule is O=C(N[C@H](c1ccccc1)C1CC(O)C1)c1ccc(-n2cccn2)cc1. The number of aliphatic hydroxyl groups excluding tert-OH is 1. The van der Waals surface area contributed by atoms with Gasteiger partial charge in [-0.15, -0.1) is 0 Å². The first kappa shape index (κ1) is 16.5. The summed E-state index contributed by atoms with van der Waals surface area (Å²) < 4.78 is 1.75. The number of carbonyl (C=O) groups excluding carboxylic acids is 1. The number of benzene rings is 2. The van der Waals surface area contributed by atoms with Crippen LogP contribution >= 0.6 is 0 Å². The van der Waals surface area contributed by atoms with Crippen LogP contribution in [0.1, 0.15) is 34.8 Å². The van der Waals surface area contributed by atoms with E-state index in [2.05, 4.69) is 10.4 Å². The van der Waals surface area contributed by atoms with E-state index >= 15 is 0 Å². The number of hydrogen-bond donors (Lipinski definition) is 2. The van der Waals surface area contributed by atoms with Crippen LogP contribution in [0.5, 0.6) is 0 Å². The second-order valence-electron chi connectivity index (χ2n) is 6.74. The van der Waals surface area contributed by atoms with Crippen molar-refractivity contribution in [1.29, 1.82) is 0 Å². The standard InChI is InChI=1S/C21H21N3O2/c25-19-13-17(14-19)20(15-5-2-1-3-6-15)23-21(26)16-7-9-18(10-8-16)24-12-4-11-22-24/h1-12,17,19-20,25H,13-14H2,(H,23,26)/t17?,19?,20-/m1/s1. The summed E-state index contributed by atoms with van der Waals surface area (Å²) in [6.45, 7) is 0. The molecule has 5 nitrogen and oxygen atoms in total. The third-order valence-corrected chi connectivity index (χ3v) is 4.96. The molecule has 1 fully saturated rings. The molecule has 1 aliphatic rings. The van der Waals surface area contributed by atoms with E-state index in [9.17, 15) is 9.90 Å². The fourth-order valence-electron chi connectivity index (χ4n) is 3.45. The Morgan fingerprint density at radius 2 is 1.81 bits per heavy atom. The van der Waals surface area contributed by atoms with E-state index in [1.54, 1.807) is 10.9 Å². The van der Waals surface area contributed by atoms with Gasteiger partial charge in [0.05, 0.1) is 17.8 Å². The predicted octanol–water partition coefficient (Wildman–Crippen LogP) is 3.11. The topological polar surface area (TPSA) is 67.2 Å². The zero-order valence-corrected chi connectivity index (χ0v) is 14.3. The molecule has 0 spiro atoms. The van der Waals surface area contributed by atoms with Gasteiger partial charge in [0.15, 0.2) is 0 Å². The molecule has 1 amide bonds. The summed E-state index contributed by atoms with van der Waals surface area (Å²) in [7, 11) is 0. The second kappa shape index (κ2) is 7.14. The van der Waals surface area contributed by atoms with Gasteiger partial charge in [-0.3, -0.25) is 4.79 Å². The van der Waals surface area contributed by atoms with Crippen LogP contribution < -0.4 is 5.32 Å². The Hall–Kier alpha value is -2.92. The van der Waals surface area contributed by atoms with Gasteiger partial charge >= 0.3 is 0 Å². The maximum Gasteiger partial charge on any atom is 0.251 e. The van der Waals surface area contributed by atoms with E-state index in [1.165, 1.54) is 0 Å². The molecule has 132 valence electrons. The van der Waals surface area contributed by atoms with Crippen LogP contribution in [-0.2, 0) is 0 Å². The van der Waals surface area contributed by atoms with Crippen molar-refractivity contribution in [2.75, 3.05) is 0 Å². The fourth-order valence-corrected chi connectivity index (χ4v) is 3.45. The lowest BCUT2D eigenvalue weighted by atomic mass is 9.75. The van der Waals surface area contributed by atoms with Crippen molar-refractivity contribution in [3.8, 4) is 5.69 Å². The van der Waals surface area contributed by atoms with Crippen molar-refractivity contribution in [1.82, 2.24) is 15.1 Å². The van der Waals surface area contributed by atoms with Crippen LogP contribution in [0, 0.1) is 5.92 Å². The van der Waals surface area contributed by atoms with E-state index in [0.29, 0.717) is 5.56 Å². The fraction of sp³-hybridized carbons (Fsp3) is 0.238. The van der Waals surface area contributed by atoms with Crippen molar-refractivity contribution >= 4 is 5.91 Å². The Morgan fingerprint density at radius 3 is 2.42 bits per heavy atom. The highest BCUT2D eigenvalue weighted by atomic mass is 16.3. The minimum atomic E-state index is -0.253. The predicted molar refractivity (Wildman–Crippen MR) is 98.9 cm³/mol. The maximum absolute atomic E-state index is 12.8. The molecule has 26 heavy (non-hydrogen) atoms. The van der Waals surface area contributed by atoms with Gasteiger partial charge in [-0.25, -0.2) is 4.68 Å². The van der Waals surface area contributed by atoms with E-state index in [0.717, 1.165) is 24.1 Å². The van der Waals surface area contributed by atoms with Gasteiger partial charge in [0.2, 0.25) is 0 Å². The molecule has 1 heterocycles. The summed E-state index contributed by atoms with van der Waals surface area (Å²) in [6, 6.07) is 19.1. The third kappa shape index (κ3) is 3.39. The Morgan fingerprint density at radius 1 is 1.08 bits per heavy atom. The Bertz CT molecular complexity index is 854. The molecule has 1 aliphatic carbocycles. The van der Waals surface area contributed by atoms with E-state index < -0.39 is 0 Å². The number of nitrogens with zero attached hydrogens (tertiary/aromatic N) is 2. The van der Waals surface area contributed by atoms with E-state index in [1.807, 2.05) is 66.9 Å². The number of amides is 1. The largest absolute Gasteiger partial charge is 0.393 e. The molecular weight excluding hydrogens is 326 g/mol. The van der Waals surface area contributed by atoms with Crippen LogP contribution in [0.25, 0.3) is 5.69 Å². The van der Waals surface area contributed by atoms with Crippen molar-refractivity contribution < 1.29 is 9.90 Å². The first-order valence-electron chi connectivity index (χ1n) is 8.84. The van der Waals surface area contributed by atoms with Crippen LogP contribution in [0.3, 0.4) is 0 Å². The summed E-state index contributed by atoms with van der Waals surface area (Å²) in [5.41, 5.74) is 2.60. The second-order valence-corrected chi connectivity index (χ2v) is 6.74. The molecule has 0 unspecified atom stereocenters. The number of carbonyl (C=O) groups is 1. The highest BCUT2D eigenvalue weighted by Crippen LogP contribution is 2.38. The third-order valence-electron chi connectivity index (χ3n) is 4.96. The van der Waals surface area contributed by atoms with E-state index in [-0.39, 0.29) is 24.0 Å². The highest BCUT2D eigenvalue weighted by Gasteiger charge is 2.35. The lowest BCUT2D eigenvalue weighted by molar-refractivity contribution is 0.0235. The normalized spacial score (nSPS) is 20.2. The van der Waals surface area contributed by atoms with Gasteiger partial charge in [-0.2, -0.15) is 5.10 Å². The maximum atomic E-state index is 12.8. The molecule has 0 radical (unpaired) electrons. The average molecular weight is 347 g/mol. The zero-order chi connectivity index (χ0) is 17.9. The molecule has 4 rings (SSSR count). The number of hydrogen-bond acceptors (Lipinski definition) is 3. The highest BCUT2D eigenvalue weighted by molar-refractivity contribution is 5.94. The molecule has 3 aromatic rings. The molecular formula is C21H21N3O2. The Balaban J connectivity index is 1.51. The van der Waals surface area contributed by atoms with Gasteiger partial charge in [0.1, 0.15) is 0 Å². The zero-order valence-electron chi connectivity index (χ0n) is 14.3. The number of rotatable bonds is 5. The molecule has 1 saturated carbocycles. The molecule has 0 bridgehead atoms. The molecule has 0 saturated heterocycles. The molecule has 0 aliphatic heterocycles. The summed E-state index contributed by atoms with van der Waals surface area (Å²) >= 11 is 0. The van der Waals surface area contributed by atoms with Gasteiger partial charge in [0.25, 0.3) is 5.91 Å². The average Bonchev–Trinajstić information content (AvgIpc) is 3.19. The van der Waals surface area contributed by atoms with Crippen molar-refractivity contribution in [3.63, 3.8) is 0 Å². The summed E-state index contributed by atoms with van der Waals surface area (Å²) in [4.78, 5) is 12.8. The van der Waals surface area contributed by atoms with Crippen molar-refractivity contribution in [2.45, 2.75) is 25.0 Å². The van der Waals surface area contributed by atoms with Gasteiger partial charge in [-0.05, 0) is 54.7 Å². The van der Waals surface area contributed by atoms with Crippen molar-refractivity contribution in [3.05, 3.63) is 84.2 Å². The Labute approximate surface area is 152 Å². The van der Waals surface area contributed by atoms with E-state index in [4.69, 9.17) is 0 Å². The molecule has 2 N–H and O–H groups in total. The van der Waals surface area contributed by atoms with Crippen LogP contribution in [0.15, 0.2) is 73.1 Å². The summed E-state index contributed by atoms with van der Waals surface area (Å²) in [5.74, 6) is 0.159. The van der Waals surface area contributed by atoms with Gasteiger partial charge in [0, 0.05) is 18.0 Å². The van der Waals surface area contributed by atoms with Crippen LogP contribution in [-0.4, -0.2) is 26.9 Å². The van der Waals surface area contributed by atoms with Crippen LogP contribution in [0.4, 0.5) is 0 Å². The summed E-state index contributed by atoms with van der Waals surface area (Å²) in [5, 5.41) is 17.0. The molecule has 1 atom stereocenters. The first-order chi connectivity index (χ1) is 12.7. The number of aromatic nitrogens is 2. The minimum Gasteiger partial charge on any atom is -0.393 e. The summed E-state index contributed by atoms with van der Waals surface area (Å²) in [6.07, 6.45) is 4.77. The van der Waals surface area contributed by atoms with Gasteiger partial charge in [-0.1, -0.05) is 30.3 Å². The quantitative estimate of drug-likeness (QED) is 0.745. The molecule has 1 aromatic heterocycles. The minimum absolute atomic E-state index is 0.0853. The van der Waals surface area contributed by atoms with Crippen molar-refractivity contribution in [2.24, 2.45) is 5.92 Å². The Kier molecular flexibility index (Phi) is 4.54. The van der Waals surface area contributed by atoms with Crippen LogP contribution in [0.2, 0.25) is 0 Å².